The van der Waals surface area contributed by atoms with Crippen molar-refractivity contribution >= 4 is 0 Å². The Morgan fingerprint density at radius 1 is 1.40 bits per heavy atom. The van der Waals surface area contributed by atoms with Crippen LogP contribution in [-0.4, -0.2) is 41.7 Å². The molecule has 1 N–H and O–H groups in total. The minimum Gasteiger partial charge on any atom is -0.339 e. The van der Waals surface area contributed by atoms with Gasteiger partial charge in [-0.05, 0) is 19.4 Å². The van der Waals surface area contributed by atoms with Gasteiger partial charge in [-0.2, -0.15) is 4.98 Å². The van der Waals surface area contributed by atoms with E-state index in [1.165, 1.54) is 32.1 Å². The summed E-state index contributed by atoms with van der Waals surface area (Å²) in [5.74, 6) is 2.92. The monoisotopic (exact) mass is 278 g/mol. The molecule has 1 aromatic heterocycles. The lowest BCUT2D eigenvalue weighted by Crippen LogP contribution is -2.44. The highest BCUT2D eigenvalue weighted by Crippen LogP contribution is 2.33. The molecule has 0 amide bonds. The van der Waals surface area contributed by atoms with Crippen LogP contribution in [0.4, 0.5) is 0 Å². The lowest BCUT2D eigenvalue weighted by molar-refractivity contribution is 0.190. The zero-order chi connectivity index (χ0) is 13.9. The van der Waals surface area contributed by atoms with E-state index in [1.54, 1.807) is 0 Å². The summed E-state index contributed by atoms with van der Waals surface area (Å²) >= 11 is 0. The minimum absolute atomic E-state index is 0.250. The Morgan fingerprint density at radius 2 is 2.20 bits per heavy atom. The molecule has 1 saturated carbocycles. The van der Waals surface area contributed by atoms with Gasteiger partial charge in [0.2, 0.25) is 5.89 Å². The Morgan fingerprint density at radius 3 is 2.95 bits per heavy atom. The summed E-state index contributed by atoms with van der Waals surface area (Å²) in [7, 11) is 2.13. The molecule has 112 valence electrons. The first-order valence-corrected chi connectivity index (χ1v) is 7.98. The molecular formula is C15H26N4O. The van der Waals surface area contributed by atoms with Gasteiger partial charge in [0.25, 0.3) is 0 Å². The number of nitrogens with zero attached hydrogens (tertiary/aromatic N) is 3. The Labute approximate surface area is 121 Å². The third-order valence-electron chi connectivity index (χ3n) is 4.85. The molecule has 0 radical (unpaired) electrons. The Kier molecular flexibility index (Phi) is 4.36. The van der Waals surface area contributed by atoms with Crippen molar-refractivity contribution in [3.05, 3.63) is 11.7 Å². The molecule has 2 unspecified atom stereocenters. The van der Waals surface area contributed by atoms with Crippen LogP contribution in [-0.2, 0) is 0 Å². The van der Waals surface area contributed by atoms with E-state index < -0.39 is 0 Å². The number of piperazine rings is 1. The molecule has 0 bridgehead atoms. The fraction of sp³-hybridized carbons (Fsp3) is 0.867. The van der Waals surface area contributed by atoms with Crippen molar-refractivity contribution in [1.82, 2.24) is 20.4 Å². The van der Waals surface area contributed by atoms with E-state index in [4.69, 9.17) is 4.52 Å². The summed E-state index contributed by atoms with van der Waals surface area (Å²) in [6.07, 6.45) is 6.73. The van der Waals surface area contributed by atoms with E-state index in [9.17, 15) is 0 Å². The molecule has 2 aliphatic rings. The second kappa shape index (κ2) is 6.22. The number of hydrogen-bond donors (Lipinski definition) is 1. The molecule has 5 heteroatoms. The molecule has 5 nitrogen and oxygen atoms in total. The van der Waals surface area contributed by atoms with Gasteiger partial charge >= 0.3 is 0 Å². The Hall–Kier alpha value is -0.940. The first-order chi connectivity index (χ1) is 9.74. The van der Waals surface area contributed by atoms with Gasteiger partial charge < -0.3 is 9.84 Å². The molecule has 2 fully saturated rings. The van der Waals surface area contributed by atoms with Gasteiger partial charge in [0.05, 0.1) is 6.04 Å². The van der Waals surface area contributed by atoms with Crippen molar-refractivity contribution in [2.24, 2.45) is 5.92 Å². The highest BCUT2D eigenvalue weighted by Gasteiger charge is 2.27. The quantitative estimate of drug-likeness (QED) is 0.916. The Bertz CT molecular complexity index is 427. The zero-order valence-corrected chi connectivity index (χ0v) is 12.6. The molecule has 2 heterocycles. The molecule has 0 aromatic carbocycles. The van der Waals surface area contributed by atoms with Gasteiger partial charge in [-0.15, -0.1) is 0 Å². The van der Waals surface area contributed by atoms with E-state index >= 15 is 0 Å². The van der Waals surface area contributed by atoms with E-state index in [1.807, 2.05) is 0 Å². The first-order valence-electron chi connectivity index (χ1n) is 7.98. The first kappa shape index (κ1) is 14.0. The Balaban J connectivity index is 1.63. The van der Waals surface area contributed by atoms with Gasteiger partial charge in [0, 0.05) is 25.6 Å². The van der Waals surface area contributed by atoms with Crippen LogP contribution in [0.1, 0.15) is 62.7 Å². The van der Waals surface area contributed by atoms with E-state index in [2.05, 4.69) is 34.3 Å². The van der Waals surface area contributed by atoms with E-state index in [0.29, 0.717) is 5.92 Å². The van der Waals surface area contributed by atoms with E-state index in [0.717, 1.165) is 37.3 Å². The van der Waals surface area contributed by atoms with Gasteiger partial charge in [-0.3, -0.25) is 4.90 Å². The fourth-order valence-electron chi connectivity index (χ4n) is 3.52. The maximum Gasteiger partial charge on any atom is 0.229 e. The maximum atomic E-state index is 5.52. The SMILES string of the molecule is CC(CC1CCCC1)c1nc(C2CNCCN2C)no1. The lowest BCUT2D eigenvalue weighted by atomic mass is 9.94. The van der Waals surface area contributed by atoms with Crippen molar-refractivity contribution in [3.63, 3.8) is 0 Å². The van der Waals surface area contributed by atoms with Crippen LogP contribution in [0.25, 0.3) is 0 Å². The van der Waals surface area contributed by atoms with Crippen molar-refractivity contribution in [2.75, 3.05) is 26.7 Å². The van der Waals surface area contributed by atoms with Crippen LogP contribution < -0.4 is 5.32 Å². The highest BCUT2D eigenvalue weighted by atomic mass is 16.5. The molecule has 1 aliphatic carbocycles. The van der Waals surface area contributed by atoms with Crippen LogP contribution in [0.15, 0.2) is 4.52 Å². The van der Waals surface area contributed by atoms with E-state index in [-0.39, 0.29) is 6.04 Å². The number of aromatic nitrogens is 2. The number of nitrogens with one attached hydrogen (secondary N) is 1. The van der Waals surface area contributed by atoms with Gasteiger partial charge in [-0.25, -0.2) is 0 Å². The normalized spacial score (nSPS) is 27.0. The lowest BCUT2D eigenvalue weighted by Gasteiger charge is -2.30. The summed E-state index contributed by atoms with van der Waals surface area (Å²) < 4.78 is 5.52. The topological polar surface area (TPSA) is 54.2 Å². The molecule has 0 spiro atoms. The van der Waals surface area contributed by atoms with Crippen LogP contribution in [0, 0.1) is 5.92 Å². The van der Waals surface area contributed by atoms with Crippen LogP contribution in [0.2, 0.25) is 0 Å². The summed E-state index contributed by atoms with van der Waals surface area (Å²) in [4.78, 5) is 6.97. The standard InChI is InChI=1S/C15H26N4O/c1-11(9-12-5-3-4-6-12)15-17-14(18-20-15)13-10-16-7-8-19(13)2/h11-13,16H,3-10H2,1-2H3. The predicted molar refractivity (Wildman–Crippen MR) is 77.5 cm³/mol. The van der Waals surface area contributed by atoms with Crippen molar-refractivity contribution in [2.45, 2.75) is 51.0 Å². The third-order valence-corrected chi connectivity index (χ3v) is 4.85. The summed E-state index contributed by atoms with van der Waals surface area (Å²) in [6, 6.07) is 0.250. The molecule has 1 aromatic rings. The fourth-order valence-corrected chi connectivity index (χ4v) is 3.52. The van der Waals surface area contributed by atoms with Crippen LogP contribution in [0.5, 0.6) is 0 Å². The molecule has 1 saturated heterocycles. The summed E-state index contributed by atoms with van der Waals surface area (Å²) in [6.45, 7) is 5.20. The van der Waals surface area contributed by atoms with Crippen LogP contribution >= 0.6 is 0 Å². The van der Waals surface area contributed by atoms with Gasteiger partial charge in [-0.1, -0.05) is 37.8 Å². The largest absolute Gasteiger partial charge is 0.339 e. The number of likely N-dealkylation sites (N-methyl/N-ethyl adjacent to an activating group) is 1. The van der Waals surface area contributed by atoms with Gasteiger partial charge in [0.1, 0.15) is 0 Å². The average molecular weight is 278 g/mol. The zero-order valence-electron chi connectivity index (χ0n) is 12.6. The summed E-state index contributed by atoms with van der Waals surface area (Å²) in [5.41, 5.74) is 0. The van der Waals surface area contributed by atoms with Crippen molar-refractivity contribution in [1.29, 1.82) is 0 Å². The van der Waals surface area contributed by atoms with Crippen LogP contribution in [0.3, 0.4) is 0 Å². The molecule has 1 aliphatic heterocycles. The molecule has 20 heavy (non-hydrogen) atoms. The highest BCUT2D eigenvalue weighted by molar-refractivity contribution is 5.00. The van der Waals surface area contributed by atoms with Gasteiger partial charge in [0.15, 0.2) is 5.82 Å². The second-order valence-corrected chi connectivity index (χ2v) is 6.48. The van der Waals surface area contributed by atoms with Crippen molar-refractivity contribution < 1.29 is 4.52 Å². The number of rotatable bonds is 4. The van der Waals surface area contributed by atoms with Crippen molar-refractivity contribution in [3.8, 4) is 0 Å². The maximum absolute atomic E-state index is 5.52. The molecular weight excluding hydrogens is 252 g/mol. The molecule has 3 rings (SSSR count). The average Bonchev–Trinajstić information content (AvgIpc) is 3.10. The smallest absolute Gasteiger partial charge is 0.229 e. The predicted octanol–water partition coefficient (Wildman–Crippen LogP) is 2.33. The minimum atomic E-state index is 0.250. The number of hydrogen-bond acceptors (Lipinski definition) is 5. The molecule has 2 atom stereocenters. The summed E-state index contributed by atoms with van der Waals surface area (Å²) in [5, 5.41) is 7.62. The second-order valence-electron chi connectivity index (χ2n) is 6.48. The third kappa shape index (κ3) is 3.04.